The number of rotatable bonds is 7. The molecule has 8 nitrogen and oxygen atoms in total. The van der Waals surface area contributed by atoms with E-state index in [9.17, 15) is 22.4 Å². The Bertz CT molecular complexity index is 1010. The molecular weight excluding hydrogens is 391 g/mol. The zero-order chi connectivity index (χ0) is 20.9. The van der Waals surface area contributed by atoms with Crippen molar-refractivity contribution in [2.24, 2.45) is 0 Å². The Morgan fingerprint density at radius 1 is 1.14 bits per heavy atom. The summed E-state index contributed by atoms with van der Waals surface area (Å²) in [5, 5.41) is 2.29. The lowest BCUT2D eigenvalue weighted by atomic mass is 10.2. The number of nitrogens with one attached hydrogen (secondary N) is 2. The molecule has 0 atom stereocenters. The molecule has 2 aromatic carbocycles. The number of anilines is 1. The second-order valence-electron chi connectivity index (χ2n) is 5.68. The van der Waals surface area contributed by atoms with Crippen LogP contribution in [-0.4, -0.2) is 41.1 Å². The number of halogens is 1. The molecular formula is C18H19FN2O6S. The molecule has 0 radical (unpaired) electrons. The van der Waals surface area contributed by atoms with Gasteiger partial charge in [-0.25, -0.2) is 22.3 Å². The molecule has 150 valence electrons. The van der Waals surface area contributed by atoms with Gasteiger partial charge in [-0.05, 0) is 49.9 Å². The van der Waals surface area contributed by atoms with E-state index in [0.29, 0.717) is 5.56 Å². The Kier molecular flexibility index (Phi) is 6.71. The van der Waals surface area contributed by atoms with E-state index >= 15 is 0 Å². The van der Waals surface area contributed by atoms with Gasteiger partial charge in [0, 0.05) is 0 Å². The molecule has 2 rings (SSSR count). The van der Waals surface area contributed by atoms with E-state index < -0.39 is 34.3 Å². The Hall–Kier alpha value is -2.98. The van der Waals surface area contributed by atoms with Gasteiger partial charge in [0.05, 0.1) is 18.4 Å². The molecule has 0 aliphatic heterocycles. The van der Waals surface area contributed by atoms with Gasteiger partial charge in [0.25, 0.3) is 5.91 Å². The number of methoxy groups -OCH3 is 1. The Morgan fingerprint density at radius 3 is 2.46 bits per heavy atom. The van der Waals surface area contributed by atoms with Crippen molar-refractivity contribution in [2.75, 3.05) is 26.1 Å². The monoisotopic (exact) mass is 410 g/mol. The molecule has 0 bridgehead atoms. The van der Waals surface area contributed by atoms with Crippen LogP contribution in [0.5, 0.6) is 5.75 Å². The molecule has 0 saturated heterocycles. The molecule has 0 spiro atoms. The largest absolute Gasteiger partial charge is 0.495 e. The van der Waals surface area contributed by atoms with Crippen molar-refractivity contribution in [3.05, 3.63) is 53.3 Å². The number of hydrogen-bond acceptors (Lipinski definition) is 6. The number of aryl methyl sites for hydroxylation is 1. The van der Waals surface area contributed by atoms with Crippen molar-refractivity contribution in [2.45, 2.75) is 11.8 Å². The lowest BCUT2D eigenvalue weighted by Gasteiger charge is -2.11. The lowest BCUT2D eigenvalue weighted by Crippen LogP contribution is -2.22. The normalized spacial score (nSPS) is 11.0. The average Bonchev–Trinajstić information content (AvgIpc) is 2.67. The maximum atomic E-state index is 13.7. The molecule has 2 aromatic rings. The number of esters is 1. The van der Waals surface area contributed by atoms with E-state index in [1.54, 1.807) is 13.0 Å². The van der Waals surface area contributed by atoms with Crippen LogP contribution < -0.4 is 14.8 Å². The zero-order valence-corrected chi connectivity index (χ0v) is 16.2. The molecule has 0 aliphatic carbocycles. The van der Waals surface area contributed by atoms with Crippen LogP contribution in [0.4, 0.5) is 10.1 Å². The summed E-state index contributed by atoms with van der Waals surface area (Å²) in [6.07, 6.45) is 0. The zero-order valence-electron chi connectivity index (χ0n) is 15.4. The summed E-state index contributed by atoms with van der Waals surface area (Å²) in [5.41, 5.74) is 0.552. The summed E-state index contributed by atoms with van der Waals surface area (Å²) >= 11 is 0. The lowest BCUT2D eigenvalue weighted by molar-refractivity contribution is -0.119. The van der Waals surface area contributed by atoms with Crippen LogP contribution in [-0.2, 0) is 19.6 Å². The van der Waals surface area contributed by atoms with Crippen LogP contribution in [0.15, 0.2) is 41.3 Å². The summed E-state index contributed by atoms with van der Waals surface area (Å²) in [7, 11) is -1.38. The number of hydrogen-bond donors (Lipinski definition) is 2. The van der Waals surface area contributed by atoms with E-state index in [1.165, 1.54) is 38.4 Å². The summed E-state index contributed by atoms with van der Waals surface area (Å²) in [5.74, 6) is -2.24. The van der Waals surface area contributed by atoms with Crippen LogP contribution in [0.3, 0.4) is 0 Å². The van der Waals surface area contributed by atoms with Gasteiger partial charge in [-0.15, -0.1) is 0 Å². The second-order valence-corrected chi connectivity index (χ2v) is 7.54. The van der Waals surface area contributed by atoms with Gasteiger partial charge in [-0.3, -0.25) is 4.79 Å². The van der Waals surface area contributed by atoms with E-state index in [4.69, 9.17) is 9.47 Å². The number of benzene rings is 2. The van der Waals surface area contributed by atoms with Crippen molar-refractivity contribution >= 4 is 27.6 Å². The van der Waals surface area contributed by atoms with Gasteiger partial charge in [-0.2, -0.15) is 0 Å². The molecule has 10 heteroatoms. The van der Waals surface area contributed by atoms with Gasteiger partial charge in [0.15, 0.2) is 6.61 Å². The fraction of sp³-hybridized carbons (Fsp3) is 0.222. The molecule has 0 saturated carbocycles. The van der Waals surface area contributed by atoms with Crippen molar-refractivity contribution in [1.82, 2.24) is 4.72 Å². The van der Waals surface area contributed by atoms with Crippen LogP contribution >= 0.6 is 0 Å². The summed E-state index contributed by atoms with van der Waals surface area (Å²) in [6, 6.07) is 7.93. The summed E-state index contributed by atoms with van der Waals surface area (Å²) in [6.45, 7) is 1.03. The first-order valence-electron chi connectivity index (χ1n) is 8.02. The summed E-state index contributed by atoms with van der Waals surface area (Å²) < 4.78 is 49.8. The number of carbonyl (C=O) groups excluding carboxylic acids is 2. The number of carbonyl (C=O) groups is 2. The van der Waals surface area contributed by atoms with Gasteiger partial charge < -0.3 is 14.8 Å². The highest BCUT2D eigenvalue weighted by atomic mass is 32.2. The summed E-state index contributed by atoms with van der Waals surface area (Å²) in [4.78, 5) is 23.8. The molecule has 28 heavy (non-hydrogen) atoms. The van der Waals surface area contributed by atoms with Crippen LogP contribution in [0.1, 0.15) is 15.9 Å². The fourth-order valence-corrected chi connectivity index (χ4v) is 3.16. The third-order valence-corrected chi connectivity index (χ3v) is 5.13. The van der Waals surface area contributed by atoms with Crippen molar-refractivity contribution in [3.63, 3.8) is 0 Å². The van der Waals surface area contributed by atoms with Crippen molar-refractivity contribution < 1.29 is 31.9 Å². The van der Waals surface area contributed by atoms with Gasteiger partial charge in [0.2, 0.25) is 10.0 Å². The standard InChI is InChI=1S/C18H19FN2O6S/c1-11-4-6-14(13(19)8-11)21-17(22)10-27-18(23)12-5-7-15(26-3)16(9-12)28(24,25)20-2/h4-9,20H,10H2,1-3H3,(H,21,22). The number of sulfonamides is 1. The van der Waals surface area contributed by atoms with Gasteiger partial charge in [-0.1, -0.05) is 6.07 Å². The fourth-order valence-electron chi connectivity index (χ4n) is 2.25. The Balaban J connectivity index is 2.08. The topological polar surface area (TPSA) is 111 Å². The average molecular weight is 410 g/mol. The van der Waals surface area contributed by atoms with E-state index in [0.717, 1.165) is 6.07 Å². The third kappa shape index (κ3) is 5.05. The predicted octanol–water partition coefficient (Wildman–Crippen LogP) is 1.85. The first kappa shape index (κ1) is 21.3. The van der Waals surface area contributed by atoms with Crippen molar-refractivity contribution in [3.8, 4) is 5.75 Å². The first-order valence-corrected chi connectivity index (χ1v) is 9.51. The minimum atomic E-state index is -3.88. The minimum absolute atomic E-state index is 0.0403. The molecule has 2 N–H and O–H groups in total. The Labute approximate surface area is 161 Å². The van der Waals surface area contributed by atoms with Crippen molar-refractivity contribution in [1.29, 1.82) is 0 Å². The predicted molar refractivity (Wildman–Crippen MR) is 99.3 cm³/mol. The Morgan fingerprint density at radius 2 is 1.86 bits per heavy atom. The highest BCUT2D eigenvalue weighted by molar-refractivity contribution is 7.89. The molecule has 0 heterocycles. The number of amides is 1. The van der Waals surface area contributed by atoms with Crippen LogP contribution in [0.2, 0.25) is 0 Å². The SMILES string of the molecule is CNS(=O)(=O)c1cc(C(=O)OCC(=O)Nc2ccc(C)cc2F)ccc1OC. The smallest absolute Gasteiger partial charge is 0.338 e. The van der Waals surface area contributed by atoms with Crippen LogP contribution in [0, 0.1) is 12.7 Å². The highest BCUT2D eigenvalue weighted by Crippen LogP contribution is 2.25. The maximum absolute atomic E-state index is 13.7. The second kappa shape index (κ2) is 8.81. The molecule has 0 unspecified atom stereocenters. The molecule has 0 aromatic heterocycles. The van der Waals surface area contributed by atoms with E-state index in [1.807, 2.05) is 0 Å². The maximum Gasteiger partial charge on any atom is 0.338 e. The quantitative estimate of drug-likeness (QED) is 0.674. The minimum Gasteiger partial charge on any atom is -0.495 e. The molecule has 0 aliphatic rings. The van der Waals surface area contributed by atoms with Crippen LogP contribution in [0.25, 0.3) is 0 Å². The van der Waals surface area contributed by atoms with E-state index in [-0.39, 0.29) is 21.9 Å². The van der Waals surface area contributed by atoms with Gasteiger partial charge >= 0.3 is 5.97 Å². The van der Waals surface area contributed by atoms with Gasteiger partial charge in [0.1, 0.15) is 16.5 Å². The molecule has 1 amide bonds. The highest BCUT2D eigenvalue weighted by Gasteiger charge is 2.21. The number of ether oxygens (including phenoxy) is 2. The van der Waals surface area contributed by atoms with E-state index in [2.05, 4.69) is 10.0 Å². The first-order chi connectivity index (χ1) is 13.2. The third-order valence-electron chi connectivity index (χ3n) is 3.69. The molecule has 0 fully saturated rings.